The summed E-state index contributed by atoms with van der Waals surface area (Å²) in [5, 5.41) is 3.35. The molecule has 0 spiro atoms. The Morgan fingerprint density at radius 2 is 2.12 bits per heavy atom. The maximum atomic E-state index is 13.4. The molecule has 16 heavy (non-hydrogen) atoms. The molecule has 2 aliphatic rings. The summed E-state index contributed by atoms with van der Waals surface area (Å²) in [4.78, 5) is 0. The van der Waals surface area contributed by atoms with E-state index in [0.717, 1.165) is 24.9 Å². The van der Waals surface area contributed by atoms with Crippen LogP contribution in [0.5, 0.6) is 11.5 Å². The average molecular weight is 223 g/mol. The zero-order chi connectivity index (χ0) is 11.0. The SMILES string of the molecule is Fc1cc2c(c(C3CCCN3)c1)OCCO2. The van der Waals surface area contributed by atoms with Crippen molar-refractivity contribution in [2.75, 3.05) is 19.8 Å². The topological polar surface area (TPSA) is 30.5 Å². The van der Waals surface area contributed by atoms with Gasteiger partial charge in [-0.2, -0.15) is 0 Å². The summed E-state index contributed by atoms with van der Waals surface area (Å²) >= 11 is 0. The van der Waals surface area contributed by atoms with Gasteiger partial charge in [-0.3, -0.25) is 0 Å². The van der Waals surface area contributed by atoms with Crippen molar-refractivity contribution in [3.63, 3.8) is 0 Å². The minimum Gasteiger partial charge on any atom is -0.486 e. The third-order valence-corrected chi connectivity index (χ3v) is 3.07. The lowest BCUT2D eigenvalue weighted by Crippen LogP contribution is -2.20. The van der Waals surface area contributed by atoms with E-state index in [9.17, 15) is 4.39 Å². The molecule has 0 amide bonds. The predicted octanol–water partition coefficient (Wildman–Crippen LogP) is 2.02. The van der Waals surface area contributed by atoms with Gasteiger partial charge in [-0.15, -0.1) is 0 Å². The summed E-state index contributed by atoms with van der Waals surface area (Å²) in [7, 11) is 0. The number of rotatable bonds is 1. The molecule has 3 rings (SSSR count). The van der Waals surface area contributed by atoms with Crippen LogP contribution in [0.15, 0.2) is 12.1 Å². The van der Waals surface area contributed by atoms with Crippen molar-refractivity contribution in [3.05, 3.63) is 23.5 Å². The number of halogens is 1. The van der Waals surface area contributed by atoms with Gasteiger partial charge in [-0.1, -0.05) is 0 Å². The Balaban J connectivity index is 2.04. The smallest absolute Gasteiger partial charge is 0.166 e. The van der Waals surface area contributed by atoms with Crippen molar-refractivity contribution in [2.24, 2.45) is 0 Å². The van der Waals surface area contributed by atoms with E-state index in [4.69, 9.17) is 9.47 Å². The molecule has 1 aromatic carbocycles. The van der Waals surface area contributed by atoms with Crippen LogP contribution in [0.3, 0.4) is 0 Å². The summed E-state index contributed by atoms with van der Waals surface area (Å²) in [5.41, 5.74) is 0.896. The monoisotopic (exact) mass is 223 g/mol. The Morgan fingerprint density at radius 3 is 2.94 bits per heavy atom. The Labute approximate surface area is 93.6 Å². The number of ether oxygens (including phenoxy) is 2. The van der Waals surface area contributed by atoms with Gasteiger partial charge in [0, 0.05) is 17.7 Å². The third-order valence-electron chi connectivity index (χ3n) is 3.07. The minimum absolute atomic E-state index is 0.200. The first kappa shape index (κ1) is 9.90. The zero-order valence-corrected chi connectivity index (χ0v) is 8.96. The molecule has 2 aliphatic heterocycles. The molecule has 0 saturated carbocycles. The molecule has 1 atom stereocenters. The van der Waals surface area contributed by atoms with Gasteiger partial charge in [0.1, 0.15) is 19.0 Å². The number of fused-ring (bicyclic) bond motifs is 1. The maximum absolute atomic E-state index is 13.4. The van der Waals surface area contributed by atoms with E-state index in [1.54, 1.807) is 6.07 Å². The molecule has 0 radical (unpaired) electrons. The van der Waals surface area contributed by atoms with E-state index >= 15 is 0 Å². The summed E-state index contributed by atoms with van der Waals surface area (Å²) in [6.45, 7) is 2.02. The van der Waals surface area contributed by atoms with Crippen molar-refractivity contribution >= 4 is 0 Å². The van der Waals surface area contributed by atoms with Gasteiger partial charge < -0.3 is 14.8 Å². The molecule has 0 aliphatic carbocycles. The van der Waals surface area contributed by atoms with E-state index < -0.39 is 0 Å². The van der Waals surface area contributed by atoms with Crippen LogP contribution in [0.2, 0.25) is 0 Å². The quantitative estimate of drug-likeness (QED) is 0.790. The summed E-state index contributed by atoms with van der Waals surface area (Å²) in [5.74, 6) is 0.995. The van der Waals surface area contributed by atoms with E-state index in [1.807, 2.05) is 0 Å². The van der Waals surface area contributed by atoms with Gasteiger partial charge in [0.2, 0.25) is 0 Å². The van der Waals surface area contributed by atoms with Crippen LogP contribution < -0.4 is 14.8 Å². The van der Waals surface area contributed by atoms with E-state index in [2.05, 4.69) is 5.32 Å². The summed E-state index contributed by atoms with van der Waals surface area (Å²) in [6, 6.07) is 3.15. The molecule has 0 bridgehead atoms. The highest BCUT2D eigenvalue weighted by molar-refractivity contribution is 5.49. The fourth-order valence-electron chi connectivity index (χ4n) is 2.35. The number of hydrogen-bond acceptors (Lipinski definition) is 3. The van der Waals surface area contributed by atoms with Gasteiger partial charge in [0.15, 0.2) is 11.5 Å². The van der Waals surface area contributed by atoms with Crippen molar-refractivity contribution in [3.8, 4) is 11.5 Å². The molecule has 0 aromatic heterocycles. The summed E-state index contributed by atoms with van der Waals surface area (Å²) in [6.07, 6.45) is 2.15. The fourth-order valence-corrected chi connectivity index (χ4v) is 2.35. The lowest BCUT2D eigenvalue weighted by atomic mass is 10.0. The molecule has 86 valence electrons. The van der Waals surface area contributed by atoms with E-state index in [1.165, 1.54) is 6.07 Å². The van der Waals surface area contributed by atoms with Gasteiger partial charge >= 0.3 is 0 Å². The average Bonchev–Trinajstić information content (AvgIpc) is 2.81. The predicted molar refractivity (Wildman–Crippen MR) is 57.4 cm³/mol. The Morgan fingerprint density at radius 1 is 1.25 bits per heavy atom. The van der Waals surface area contributed by atoms with Gasteiger partial charge in [-0.05, 0) is 25.5 Å². The van der Waals surface area contributed by atoms with E-state index in [0.29, 0.717) is 24.7 Å². The second-order valence-corrected chi connectivity index (χ2v) is 4.17. The lowest BCUT2D eigenvalue weighted by Gasteiger charge is -2.23. The second kappa shape index (κ2) is 3.94. The van der Waals surface area contributed by atoms with Crippen molar-refractivity contribution < 1.29 is 13.9 Å². The van der Waals surface area contributed by atoms with Crippen LogP contribution in [0.1, 0.15) is 24.4 Å². The van der Waals surface area contributed by atoms with Crippen LogP contribution >= 0.6 is 0 Å². The lowest BCUT2D eigenvalue weighted by molar-refractivity contribution is 0.168. The number of benzene rings is 1. The maximum Gasteiger partial charge on any atom is 0.166 e. The van der Waals surface area contributed by atoms with Crippen molar-refractivity contribution in [2.45, 2.75) is 18.9 Å². The Bertz CT molecular complexity index is 402. The van der Waals surface area contributed by atoms with Crippen molar-refractivity contribution in [1.29, 1.82) is 0 Å². The summed E-state index contributed by atoms with van der Waals surface area (Å²) < 4.78 is 24.4. The van der Waals surface area contributed by atoms with Crippen LogP contribution in [0.4, 0.5) is 4.39 Å². The number of hydrogen-bond donors (Lipinski definition) is 1. The molecule has 2 heterocycles. The van der Waals surface area contributed by atoms with Gasteiger partial charge in [-0.25, -0.2) is 4.39 Å². The molecule has 1 N–H and O–H groups in total. The Hall–Kier alpha value is -1.29. The van der Waals surface area contributed by atoms with E-state index in [-0.39, 0.29) is 11.9 Å². The highest BCUT2D eigenvalue weighted by Gasteiger charge is 2.25. The number of nitrogens with one attached hydrogen (secondary N) is 1. The van der Waals surface area contributed by atoms with Gasteiger partial charge in [0.25, 0.3) is 0 Å². The Kier molecular flexibility index (Phi) is 2.44. The first-order valence-electron chi connectivity index (χ1n) is 5.67. The van der Waals surface area contributed by atoms with Crippen LogP contribution in [0.25, 0.3) is 0 Å². The molecule has 4 heteroatoms. The first-order chi connectivity index (χ1) is 7.84. The van der Waals surface area contributed by atoms with Crippen LogP contribution in [0, 0.1) is 5.82 Å². The molecule has 3 nitrogen and oxygen atoms in total. The van der Waals surface area contributed by atoms with Crippen molar-refractivity contribution in [1.82, 2.24) is 5.32 Å². The standard InChI is InChI=1S/C12H14FNO2/c13-8-6-9(10-2-1-3-14-10)12-11(7-8)15-4-5-16-12/h6-7,10,14H,1-5H2. The van der Waals surface area contributed by atoms with Crippen LogP contribution in [-0.2, 0) is 0 Å². The molecular weight excluding hydrogens is 209 g/mol. The minimum atomic E-state index is -0.257. The third kappa shape index (κ3) is 1.63. The van der Waals surface area contributed by atoms with Gasteiger partial charge in [0.05, 0.1) is 0 Å². The normalized spacial score (nSPS) is 23.4. The highest BCUT2D eigenvalue weighted by atomic mass is 19.1. The second-order valence-electron chi connectivity index (χ2n) is 4.17. The first-order valence-corrected chi connectivity index (χ1v) is 5.67. The largest absolute Gasteiger partial charge is 0.486 e. The molecular formula is C12H14FNO2. The zero-order valence-electron chi connectivity index (χ0n) is 8.96. The van der Waals surface area contributed by atoms with Crippen LogP contribution in [-0.4, -0.2) is 19.8 Å². The molecule has 1 aromatic rings. The highest BCUT2D eigenvalue weighted by Crippen LogP contribution is 2.40. The fraction of sp³-hybridized carbons (Fsp3) is 0.500. The molecule has 1 saturated heterocycles. The molecule has 1 unspecified atom stereocenters. The molecule has 1 fully saturated rings.